The van der Waals surface area contributed by atoms with Gasteiger partial charge in [0.1, 0.15) is 6.10 Å². The lowest BCUT2D eigenvalue weighted by Crippen LogP contribution is -2.11. The number of anilines is 1. The van der Waals surface area contributed by atoms with Gasteiger partial charge in [-0.1, -0.05) is 48.5 Å². The number of ether oxygens (including phenoxy) is 1. The Morgan fingerprint density at radius 1 is 1.05 bits per heavy atom. The van der Waals surface area contributed by atoms with Crippen molar-refractivity contribution in [3.05, 3.63) is 65.7 Å². The standard InChI is InChI=1S/C16H19NO2/c1-12(13-7-3-2-4-8-13)19-11-16(18)14-9-5-6-10-15(14)17/h2-10,12,16,18H,11,17H2,1H3. The van der Waals surface area contributed by atoms with Crippen molar-refractivity contribution >= 4 is 5.69 Å². The van der Waals surface area contributed by atoms with Crippen LogP contribution in [0.25, 0.3) is 0 Å². The number of hydrogen-bond donors (Lipinski definition) is 2. The summed E-state index contributed by atoms with van der Waals surface area (Å²) in [5.74, 6) is 0. The monoisotopic (exact) mass is 257 g/mol. The van der Waals surface area contributed by atoms with Crippen LogP contribution in [-0.2, 0) is 4.74 Å². The molecular formula is C16H19NO2. The highest BCUT2D eigenvalue weighted by Crippen LogP contribution is 2.23. The van der Waals surface area contributed by atoms with Crippen molar-refractivity contribution in [1.82, 2.24) is 0 Å². The van der Waals surface area contributed by atoms with Crippen LogP contribution in [0.3, 0.4) is 0 Å². The zero-order valence-electron chi connectivity index (χ0n) is 11.0. The number of nitrogens with two attached hydrogens (primary N) is 1. The number of nitrogen functional groups attached to an aromatic ring is 1. The Kier molecular flexibility index (Phi) is 4.55. The van der Waals surface area contributed by atoms with Crippen LogP contribution >= 0.6 is 0 Å². The number of benzene rings is 2. The highest BCUT2D eigenvalue weighted by atomic mass is 16.5. The highest BCUT2D eigenvalue weighted by molar-refractivity contribution is 5.47. The molecule has 0 aliphatic rings. The predicted molar refractivity (Wildman–Crippen MR) is 76.6 cm³/mol. The van der Waals surface area contributed by atoms with E-state index in [4.69, 9.17) is 10.5 Å². The number of para-hydroxylation sites is 1. The molecule has 2 aromatic rings. The third-order valence-electron chi connectivity index (χ3n) is 3.13. The first-order valence-electron chi connectivity index (χ1n) is 6.37. The molecule has 2 atom stereocenters. The fraction of sp³-hybridized carbons (Fsp3) is 0.250. The van der Waals surface area contributed by atoms with Gasteiger partial charge in [-0.15, -0.1) is 0 Å². The molecule has 0 saturated heterocycles. The summed E-state index contributed by atoms with van der Waals surface area (Å²) in [5.41, 5.74) is 8.22. The van der Waals surface area contributed by atoms with E-state index >= 15 is 0 Å². The minimum atomic E-state index is -0.702. The molecule has 0 fully saturated rings. The molecule has 0 spiro atoms. The lowest BCUT2D eigenvalue weighted by Gasteiger charge is -2.18. The largest absolute Gasteiger partial charge is 0.398 e. The maximum Gasteiger partial charge on any atom is 0.104 e. The maximum absolute atomic E-state index is 10.1. The van der Waals surface area contributed by atoms with Crippen molar-refractivity contribution < 1.29 is 9.84 Å². The molecule has 3 nitrogen and oxygen atoms in total. The van der Waals surface area contributed by atoms with Crippen LogP contribution in [0.2, 0.25) is 0 Å². The molecule has 3 heteroatoms. The summed E-state index contributed by atoms with van der Waals surface area (Å²) in [7, 11) is 0. The third kappa shape index (κ3) is 3.56. The number of aliphatic hydroxyl groups excluding tert-OH is 1. The van der Waals surface area contributed by atoms with Gasteiger partial charge in [0, 0.05) is 11.3 Å². The SMILES string of the molecule is CC(OCC(O)c1ccccc1N)c1ccccc1. The van der Waals surface area contributed by atoms with Crippen molar-refractivity contribution in [2.24, 2.45) is 0 Å². The van der Waals surface area contributed by atoms with Crippen molar-refractivity contribution in [1.29, 1.82) is 0 Å². The topological polar surface area (TPSA) is 55.5 Å². The second-order valence-corrected chi connectivity index (χ2v) is 4.53. The number of rotatable bonds is 5. The first-order valence-corrected chi connectivity index (χ1v) is 6.37. The van der Waals surface area contributed by atoms with Crippen molar-refractivity contribution in [3.63, 3.8) is 0 Å². The summed E-state index contributed by atoms with van der Waals surface area (Å²) >= 11 is 0. The highest BCUT2D eigenvalue weighted by Gasteiger charge is 2.13. The van der Waals surface area contributed by atoms with E-state index in [1.807, 2.05) is 55.5 Å². The second kappa shape index (κ2) is 6.36. The Labute approximate surface area is 113 Å². The van der Waals surface area contributed by atoms with E-state index in [-0.39, 0.29) is 12.7 Å². The van der Waals surface area contributed by atoms with Gasteiger partial charge in [-0.3, -0.25) is 0 Å². The summed E-state index contributed by atoms with van der Waals surface area (Å²) in [5, 5.41) is 10.1. The first-order chi connectivity index (χ1) is 9.18. The summed E-state index contributed by atoms with van der Waals surface area (Å²) in [4.78, 5) is 0. The molecule has 2 aromatic carbocycles. The molecule has 3 N–H and O–H groups in total. The fourth-order valence-corrected chi connectivity index (χ4v) is 1.96. The second-order valence-electron chi connectivity index (χ2n) is 4.53. The molecule has 19 heavy (non-hydrogen) atoms. The molecular weight excluding hydrogens is 238 g/mol. The van der Waals surface area contributed by atoms with Crippen molar-refractivity contribution in [2.75, 3.05) is 12.3 Å². The molecule has 2 rings (SSSR count). The minimum Gasteiger partial charge on any atom is -0.398 e. The Morgan fingerprint density at radius 3 is 2.37 bits per heavy atom. The average Bonchev–Trinajstić information content (AvgIpc) is 2.46. The smallest absolute Gasteiger partial charge is 0.104 e. The van der Waals surface area contributed by atoms with Crippen LogP contribution in [0.4, 0.5) is 5.69 Å². The van der Waals surface area contributed by atoms with Crippen LogP contribution in [0.15, 0.2) is 54.6 Å². The van der Waals surface area contributed by atoms with Crippen LogP contribution in [0, 0.1) is 0 Å². The number of aliphatic hydroxyl groups is 1. The lowest BCUT2D eigenvalue weighted by atomic mass is 10.1. The molecule has 0 aliphatic carbocycles. The van der Waals surface area contributed by atoms with Gasteiger partial charge >= 0.3 is 0 Å². The van der Waals surface area contributed by atoms with Gasteiger partial charge in [-0.05, 0) is 18.6 Å². The van der Waals surface area contributed by atoms with Crippen LogP contribution in [0.5, 0.6) is 0 Å². The normalized spacial score (nSPS) is 14.0. The Balaban J connectivity index is 1.94. The first kappa shape index (κ1) is 13.6. The van der Waals surface area contributed by atoms with Gasteiger partial charge in [0.05, 0.1) is 12.7 Å². The van der Waals surface area contributed by atoms with E-state index in [2.05, 4.69) is 0 Å². The average molecular weight is 257 g/mol. The molecule has 0 aromatic heterocycles. The van der Waals surface area contributed by atoms with Crippen LogP contribution in [0.1, 0.15) is 30.3 Å². The quantitative estimate of drug-likeness (QED) is 0.809. The Hall–Kier alpha value is -1.84. The zero-order valence-corrected chi connectivity index (χ0v) is 11.0. The van der Waals surface area contributed by atoms with Crippen LogP contribution < -0.4 is 5.73 Å². The van der Waals surface area contributed by atoms with E-state index < -0.39 is 6.10 Å². The van der Waals surface area contributed by atoms with Gasteiger partial charge in [-0.2, -0.15) is 0 Å². The van der Waals surface area contributed by atoms with Gasteiger partial charge in [-0.25, -0.2) is 0 Å². The summed E-state index contributed by atoms with van der Waals surface area (Å²) in [6, 6.07) is 17.2. The Bertz CT molecular complexity index is 513. The van der Waals surface area contributed by atoms with E-state index in [0.29, 0.717) is 11.3 Å². The molecule has 0 saturated carbocycles. The molecule has 0 radical (unpaired) electrons. The molecule has 0 bridgehead atoms. The van der Waals surface area contributed by atoms with E-state index in [9.17, 15) is 5.11 Å². The maximum atomic E-state index is 10.1. The molecule has 100 valence electrons. The van der Waals surface area contributed by atoms with E-state index in [0.717, 1.165) is 5.56 Å². The van der Waals surface area contributed by atoms with E-state index in [1.165, 1.54) is 0 Å². The molecule has 0 amide bonds. The van der Waals surface area contributed by atoms with Gasteiger partial charge in [0.25, 0.3) is 0 Å². The molecule has 0 aliphatic heterocycles. The lowest BCUT2D eigenvalue weighted by molar-refractivity contribution is -0.00333. The number of hydrogen-bond acceptors (Lipinski definition) is 3. The van der Waals surface area contributed by atoms with Crippen molar-refractivity contribution in [3.8, 4) is 0 Å². The zero-order chi connectivity index (χ0) is 13.7. The predicted octanol–water partition coefficient (Wildman–Crippen LogP) is 3.08. The summed E-state index contributed by atoms with van der Waals surface area (Å²) < 4.78 is 5.69. The molecule has 2 unspecified atom stereocenters. The molecule has 0 heterocycles. The Morgan fingerprint density at radius 2 is 1.68 bits per heavy atom. The fourth-order valence-electron chi connectivity index (χ4n) is 1.96. The van der Waals surface area contributed by atoms with Gasteiger partial charge < -0.3 is 15.6 Å². The van der Waals surface area contributed by atoms with Gasteiger partial charge in [0.15, 0.2) is 0 Å². The van der Waals surface area contributed by atoms with Crippen molar-refractivity contribution in [2.45, 2.75) is 19.1 Å². The summed E-state index contributed by atoms with van der Waals surface area (Å²) in [6.45, 7) is 2.20. The van der Waals surface area contributed by atoms with E-state index in [1.54, 1.807) is 6.07 Å². The summed E-state index contributed by atoms with van der Waals surface area (Å²) in [6.07, 6.45) is -0.756. The van der Waals surface area contributed by atoms with Crippen LogP contribution in [-0.4, -0.2) is 11.7 Å². The minimum absolute atomic E-state index is 0.0548. The third-order valence-corrected chi connectivity index (χ3v) is 3.13. The van der Waals surface area contributed by atoms with Gasteiger partial charge in [0.2, 0.25) is 0 Å².